The van der Waals surface area contributed by atoms with Crippen LogP contribution in [0.15, 0.2) is 0 Å². The second kappa shape index (κ2) is 6.52. The Morgan fingerprint density at radius 2 is 1.33 bits per heavy atom. The monoisotopic (exact) mass is 198 g/mol. The fourth-order valence-electron chi connectivity index (χ4n) is 1.11. The fourth-order valence-corrected chi connectivity index (χ4v) is 1.76. The predicted molar refractivity (Wildman–Crippen MR) is 47.3 cm³/mol. The van der Waals surface area contributed by atoms with Gasteiger partial charge in [0.15, 0.2) is 0 Å². The summed E-state index contributed by atoms with van der Waals surface area (Å²) < 4.78 is 35.3. The van der Waals surface area contributed by atoms with Crippen LogP contribution in [0.4, 0.5) is 12.3 Å². The van der Waals surface area contributed by atoms with Gasteiger partial charge in [-0.15, -0.1) is 0 Å². The summed E-state index contributed by atoms with van der Waals surface area (Å²) in [6.45, 7) is 2.10. The largest absolute Gasteiger partial charge is 0.616 e. The van der Waals surface area contributed by atoms with Crippen LogP contribution in [0.2, 0.25) is 6.04 Å². The van der Waals surface area contributed by atoms with Gasteiger partial charge in [-0.25, -0.2) is 12.3 Å². The molecule has 0 nitrogen and oxygen atoms in total. The van der Waals surface area contributed by atoms with Gasteiger partial charge in [-0.3, -0.25) is 0 Å². The molecule has 0 aromatic carbocycles. The third-order valence-electron chi connectivity index (χ3n) is 1.81. The molecule has 0 fully saturated rings. The van der Waals surface area contributed by atoms with E-state index in [-0.39, 0.29) is 0 Å². The molecule has 0 aromatic rings. The maximum absolute atomic E-state index is 11.8. The Labute approximate surface area is 73.7 Å². The van der Waals surface area contributed by atoms with Gasteiger partial charge < -0.3 is 0 Å². The van der Waals surface area contributed by atoms with Crippen molar-refractivity contribution in [2.75, 3.05) is 0 Å². The van der Waals surface area contributed by atoms with Gasteiger partial charge in [0.1, 0.15) is 0 Å². The molecule has 12 heavy (non-hydrogen) atoms. The van der Waals surface area contributed by atoms with Gasteiger partial charge in [0.25, 0.3) is 0 Å². The maximum atomic E-state index is 11.8. The highest BCUT2D eigenvalue weighted by atomic mass is 28.5. The Morgan fingerprint density at radius 3 is 1.83 bits per heavy atom. The van der Waals surface area contributed by atoms with E-state index in [9.17, 15) is 12.3 Å². The van der Waals surface area contributed by atoms with Crippen molar-refractivity contribution in [2.24, 2.45) is 0 Å². The summed E-state index contributed by atoms with van der Waals surface area (Å²) in [7, 11) is -5.23. The van der Waals surface area contributed by atoms with Gasteiger partial charge in [-0.05, 0) is 6.42 Å². The van der Waals surface area contributed by atoms with E-state index < -0.39 is 15.1 Å². The van der Waals surface area contributed by atoms with Crippen LogP contribution in [0.5, 0.6) is 0 Å². The topological polar surface area (TPSA) is 0 Å². The highest BCUT2D eigenvalue weighted by molar-refractivity contribution is 6.58. The fraction of sp³-hybridized carbons (Fsp3) is 1.00. The molecule has 0 aliphatic rings. The summed E-state index contributed by atoms with van der Waals surface area (Å²) in [5.74, 6) is 0. The molecule has 0 aromatic heterocycles. The molecular weight excluding hydrogens is 181 g/mol. The Hall–Kier alpha value is 0.00688. The van der Waals surface area contributed by atoms with Crippen LogP contribution in [-0.2, 0) is 0 Å². The molecule has 4 heteroatoms. The second-order valence-electron chi connectivity index (χ2n) is 3.13. The molecule has 74 valence electrons. The van der Waals surface area contributed by atoms with E-state index in [1.807, 2.05) is 0 Å². The Balaban J connectivity index is 3.01. The summed E-state index contributed by atoms with van der Waals surface area (Å²) in [6, 6.07) is -0.473. The molecule has 0 saturated heterocycles. The molecule has 0 radical (unpaired) electrons. The highest BCUT2D eigenvalue weighted by Gasteiger charge is 2.35. The van der Waals surface area contributed by atoms with Crippen LogP contribution in [0, 0.1) is 0 Å². The molecule has 0 unspecified atom stereocenters. The van der Waals surface area contributed by atoms with Crippen molar-refractivity contribution in [3.05, 3.63) is 0 Å². The first-order chi connectivity index (χ1) is 5.56. The summed E-state index contributed by atoms with van der Waals surface area (Å²) in [6.07, 6.45) is 5.48. The summed E-state index contributed by atoms with van der Waals surface area (Å²) in [4.78, 5) is 0. The summed E-state index contributed by atoms with van der Waals surface area (Å²) in [5.41, 5.74) is 0. The van der Waals surface area contributed by atoms with Crippen LogP contribution in [-0.4, -0.2) is 9.08 Å². The normalized spacial score (nSPS) is 12.0. The average molecular weight is 198 g/mol. The van der Waals surface area contributed by atoms with Crippen LogP contribution in [0.25, 0.3) is 0 Å². The smallest absolute Gasteiger partial charge is 0.238 e. The minimum absolute atomic E-state index is 0.361. The van der Waals surface area contributed by atoms with E-state index in [0.29, 0.717) is 6.42 Å². The van der Waals surface area contributed by atoms with Gasteiger partial charge in [-0.1, -0.05) is 39.0 Å². The van der Waals surface area contributed by atoms with Crippen molar-refractivity contribution in [1.29, 1.82) is 0 Å². The van der Waals surface area contributed by atoms with Gasteiger partial charge in [-0.2, -0.15) is 0 Å². The van der Waals surface area contributed by atoms with Gasteiger partial charge in [0.05, 0.1) is 0 Å². The number of rotatable bonds is 7. The van der Waals surface area contributed by atoms with Gasteiger partial charge in [0, 0.05) is 6.04 Å². The van der Waals surface area contributed by atoms with Crippen molar-refractivity contribution in [1.82, 2.24) is 0 Å². The van der Waals surface area contributed by atoms with E-state index in [1.54, 1.807) is 0 Å². The third kappa shape index (κ3) is 10.0. The molecule has 0 aliphatic heterocycles. The van der Waals surface area contributed by atoms with Crippen LogP contribution < -0.4 is 0 Å². The van der Waals surface area contributed by atoms with E-state index in [0.717, 1.165) is 32.1 Å². The number of hydrogen-bond donors (Lipinski definition) is 0. The summed E-state index contributed by atoms with van der Waals surface area (Å²) in [5, 5.41) is 0. The van der Waals surface area contributed by atoms with Gasteiger partial charge >= 0.3 is 9.08 Å². The Bertz CT molecular complexity index is 101. The van der Waals surface area contributed by atoms with Crippen LogP contribution >= 0.6 is 0 Å². The van der Waals surface area contributed by atoms with Crippen molar-refractivity contribution < 1.29 is 12.3 Å². The second-order valence-corrected chi connectivity index (χ2v) is 4.86. The third-order valence-corrected chi connectivity index (χ3v) is 2.73. The van der Waals surface area contributed by atoms with Crippen molar-refractivity contribution in [2.45, 2.75) is 51.5 Å². The maximum Gasteiger partial charge on any atom is 0.616 e. The van der Waals surface area contributed by atoms with Gasteiger partial charge in [0.2, 0.25) is 0 Å². The van der Waals surface area contributed by atoms with Crippen LogP contribution in [0.3, 0.4) is 0 Å². The first kappa shape index (κ1) is 12.0. The minimum Gasteiger partial charge on any atom is -0.238 e. The zero-order chi connectivity index (χ0) is 9.45. The van der Waals surface area contributed by atoms with E-state index >= 15 is 0 Å². The molecule has 0 amide bonds. The zero-order valence-corrected chi connectivity index (χ0v) is 8.58. The first-order valence-electron chi connectivity index (χ1n) is 4.63. The van der Waals surface area contributed by atoms with E-state index in [1.165, 1.54) is 0 Å². The summed E-state index contributed by atoms with van der Waals surface area (Å²) >= 11 is 0. The molecule has 0 aliphatic carbocycles. The van der Waals surface area contributed by atoms with Crippen molar-refractivity contribution in [3.8, 4) is 0 Å². The minimum atomic E-state index is -5.23. The van der Waals surface area contributed by atoms with Crippen molar-refractivity contribution >= 4 is 9.08 Å². The Morgan fingerprint density at radius 1 is 0.833 bits per heavy atom. The quantitative estimate of drug-likeness (QED) is 0.327. The number of unbranched alkanes of at least 4 members (excludes halogenated alkanes) is 5. The zero-order valence-electron chi connectivity index (χ0n) is 7.58. The molecule has 0 spiro atoms. The van der Waals surface area contributed by atoms with E-state index in [2.05, 4.69) is 6.92 Å². The average Bonchev–Trinajstić information content (AvgIpc) is 1.94. The molecule has 0 bridgehead atoms. The predicted octanol–water partition coefficient (Wildman–Crippen LogP) is 4.19. The van der Waals surface area contributed by atoms with Crippen LogP contribution in [0.1, 0.15) is 45.4 Å². The lowest BCUT2D eigenvalue weighted by atomic mass is 10.1. The molecule has 0 rings (SSSR count). The molecule has 0 heterocycles. The lowest BCUT2D eigenvalue weighted by Crippen LogP contribution is -2.13. The highest BCUT2D eigenvalue weighted by Crippen LogP contribution is 2.19. The lowest BCUT2D eigenvalue weighted by molar-refractivity contribution is 0.459. The van der Waals surface area contributed by atoms with Crippen molar-refractivity contribution in [3.63, 3.8) is 0 Å². The number of hydrogen-bond acceptors (Lipinski definition) is 0. The number of halogens is 3. The molecule has 0 saturated carbocycles. The Kier molecular flexibility index (Phi) is 6.52. The standard InChI is InChI=1S/C8H17F3Si/c1-2-3-4-5-6-7-8-12(9,10)11/h2-8H2,1H3. The lowest BCUT2D eigenvalue weighted by Gasteiger charge is -2.01. The molecule has 0 atom stereocenters. The molecular formula is C8H17F3Si. The molecule has 0 N–H and O–H groups in total. The van der Waals surface area contributed by atoms with E-state index in [4.69, 9.17) is 0 Å². The SMILES string of the molecule is CCCCCCCC[Si](F)(F)F. The first-order valence-corrected chi connectivity index (χ1v) is 6.47.